The maximum atomic E-state index is 12.0. The van der Waals surface area contributed by atoms with Crippen molar-refractivity contribution < 1.29 is 28.6 Å². The molecule has 0 fully saturated rings. The molecule has 0 spiro atoms. The van der Waals surface area contributed by atoms with Crippen molar-refractivity contribution in [3.8, 4) is 5.75 Å². The predicted molar refractivity (Wildman–Crippen MR) is 92.9 cm³/mol. The molecule has 0 aromatic heterocycles. The zero-order valence-electron chi connectivity index (χ0n) is 14.5. The van der Waals surface area contributed by atoms with Crippen LogP contribution in [0.4, 0.5) is 0 Å². The highest BCUT2D eigenvalue weighted by atomic mass is 16.5. The van der Waals surface area contributed by atoms with E-state index in [-0.39, 0.29) is 17.7 Å². The van der Waals surface area contributed by atoms with Gasteiger partial charge in [-0.1, -0.05) is 18.2 Å². The molecule has 0 saturated heterocycles. The number of carbonyl (C=O) groups is 3. The predicted octanol–water partition coefficient (Wildman–Crippen LogP) is 1.95. The quantitative estimate of drug-likeness (QED) is 0.762. The number of ether oxygens (including phenoxy) is 3. The number of benzene rings is 2. The summed E-state index contributed by atoms with van der Waals surface area (Å²) in [6, 6.07) is 13.1. The van der Waals surface area contributed by atoms with Crippen LogP contribution in [0.5, 0.6) is 5.75 Å². The first-order valence-electron chi connectivity index (χ1n) is 7.78. The van der Waals surface area contributed by atoms with Crippen LogP contribution in [0.1, 0.15) is 26.3 Å². The summed E-state index contributed by atoms with van der Waals surface area (Å²) in [4.78, 5) is 35.3. The molecule has 1 N–H and O–H groups in total. The molecule has 0 saturated carbocycles. The van der Waals surface area contributed by atoms with E-state index >= 15 is 0 Å². The molecular weight excluding hydrogens is 338 g/mol. The van der Waals surface area contributed by atoms with Crippen molar-refractivity contribution in [1.29, 1.82) is 0 Å². The second-order valence-corrected chi connectivity index (χ2v) is 5.28. The number of methoxy groups -OCH3 is 2. The lowest BCUT2D eigenvalue weighted by atomic mass is 10.1. The molecule has 7 heteroatoms. The summed E-state index contributed by atoms with van der Waals surface area (Å²) >= 11 is 0. The second kappa shape index (κ2) is 9.22. The Morgan fingerprint density at radius 2 is 1.62 bits per heavy atom. The van der Waals surface area contributed by atoms with Crippen LogP contribution in [-0.2, 0) is 20.8 Å². The summed E-state index contributed by atoms with van der Waals surface area (Å²) in [5.74, 6) is -1.01. The van der Waals surface area contributed by atoms with Gasteiger partial charge in [0.1, 0.15) is 5.75 Å². The van der Waals surface area contributed by atoms with Crippen molar-refractivity contribution in [2.24, 2.45) is 0 Å². The van der Waals surface area contributed by atoms with Gasteiger partial charge in [-0.3, -0.25) is 4.79 Å². The van der Waals surface area contributed by atoms with Crippen LogP contribution >= 0.6 is 0 Å². The minimum atomic E-state index is -0.702. The van der Waals surface area contributed by atoms with Crippen LogP contribution in [0, 0.1) is 0 Å². The number of hydrogen-bond acceptors (Lipinski definition) is 6. The van der Waals surface area contributed by atoms with Gasteiger partial charge in [-0.15, -0.1) is 0 Å². The van der Waals surface area contributed by atoms with E-state index in [1.807, 2.05) is 12.1 Å². The van der Waals surface area contributed by atoms with E-state index in [9.17, 15) is 14.4 Å². The second-order valence-electron chi connectivity index (χ2n) is 5.28. The fourth-order valence-corrected chi connectivity index (χ4v) is 2.14. The van der Waals surface area contributed by atoms with Gasteiger partial charge in [-0.05, 0) is 35.9 Å². The van der Waals surface area contributed by atoms with E-state index in [1.165, 1.54) is 31.4 Å². The number of rotatable bonds is 7. The first kappa shape index (κ1) is 19.0. The topological polar surface area (TPSA) is 90.9 Å². The molecule has 0 aliphatic heterocycles. The average molecular weight is 357 g/mol. The van der Waals surface area contributed by atoms with Crippen molar-refractivity contribution in [3.05, 3.63) is 65.2 Å². The molecule has 0 bridgehead atoms. The first-order valence-corrected chi connectivity index (χ1v) is 7.78. The average Bonchev–Trinajstić information content (AvgIpc) is 2.70. The molecule has 0 aliphatic carbocycles. The Morgan fingerprint density at radius 3 is 2.31 bits per heavy atom. The first-order chi connectivity index (χ1) is 12.5. The Kier molecular flexibility index (Phi) is 6.73. The van der Waals surface area contributed by atoms with Crippen LogP contribution in [0.2, 0.25) is 0 Å². The molecule has 0 unspecified atom stereocenters. The largest absolute Gasteiger partial charge is 0.497 e. The van der Waals surface area contributed by atoms with Gasteiger partial charge < -0.3 is 19.5 Å². The number of hydrogen-bond donors (Lipinski definition) is 1. The number of esters is 2. The smallest absolute Gasteiger partial charge is 0.338 e. The minimum Gasteiger partial charge on any atom is -0.497 e. The van der Waals surface area contributed by atoms with E-state index in [1.54, 1.807) is 19.2 Å². The fraction of sp³-hybridized carbons (Fsp3) is 0.211. The molecule has 0 aliphatic rings. The van der Waals surface area contributed by atoms with E-state index in [0.29, 0.717) is 5.75 Å². The summed E-state index contributed by atoms with van der Waals surface area (Å²) < 4.78 is 14.7. The molecule has 2 aromatic carbocycles. The number of amides is 1. The molecule has 26 heavy (non-hydrogen) atoms. The molecule has 0 radical (unpaired) electrons. The third-order valence-electron chi connectivity index (χ3n) is 3.48. The molecule has 0 atom stereocenters. The monoisotopic (exact) mass is 357 g/mol. The van der Waals surface area contributed by atoms with Crippen molar-refractivity contribution >= 4 is 17.8 Å². The van der Waals surface area contributed by atoms with Crippen LogP contribution in [0.25, 0.3) is 0 Å². The standard InChI is InChI=1S/C19H19NO6/c1-24-16-8-3-5-13(9-16)11-20-17(21)12-26-19(23)15-7-4-6-14(10-15)18(22)25-2/h3-10H,11-12H2,1-2H3,(H,20,21). The van der Waals surface area contributed by atoms with Crippen molar-refractivity contribution in [1.82, 2.24) is 5.32 Å². The van der Waals surface area contributed by atoms with E-state index in [0.717, 1.165) is 5.56 Å². The minimum absolute atomic E-state index is 0.161. The Hall–Kier alpha value is -3.35. The molecule has 2 aromatic rings. The molecule has 1 amide bonds. The van der Waals surface area contributed by atoms with Gasteiger partial charge in [0.05, 0.1) is 25.3 Å². The maximum Gasteiger partial charge on any atom is 0.338 e. The van der Waals surface area contributed by atoms with Gasteiger partial charge in [0, 0.05) is 6.54 Å². The van der Waals surface area contributed by atoms with Gasteiger partial charge >= 0.3 is 11.9 Å². The molecule has 136 valence electrons. The third kappa shape index (κ3) is 5.34. The highest BCUT2D eigenvalue weighted by Crippen LogP contribution is 2.12. The number of nitrogens with one attached hydrogen (secondary N) is 1. The Balaban J connectivity index is 1.85. The third-order valence-corrected chi connectivity index (χ3v) is 3.48. The van der Waals surface area contributed by atoms with Crippen LogP contribution in [0.15, 0.2) is 48.5 Å². The van der Waals surface area contributed by atoms with Crippen LogP contribution in [0.3, 0.4) is 0 Å². The Labute approximate surface area is 150 Å². The van der Waals surface area contributed by atoms with Crippen molar-refractivity contribution in [2.45, 2.75) is 6.54 Å². The Bertz CT molecular complexity index is 802. The summed E-state index contributed by atoms with van der Waals surface area (Å²) in [5.41, 5.74) is 1.24. The lowest BCUT2D eigenvalue weighted by Gasteiger charge is -2.08. The zero-order valence-corrected chi connectivity index (χ0v) is 14.5. The lowest BCUT2D eigenvalue weighted by Crippen LogP contribution is -2.28. The van der Waals surface area contributed by atoms with Crippen LogP contribution in [-0.4, -0.2) is 38.7 Å². The molecule has 2 rings (SSSR count). The fourth-order valence-electron chi connectivity index (χ4n) is 2.14. The van der Waals surface area contributed by atoms with E-state index < -0.39 is 24.5 Å². The molecule has 0 heterocycles. The van der Waals surface area contributed by atoms with Crippen molar-refractivity contribution in [2.75, 3.05) is 20.8 Å². The SMILES string of the molecule is COC(=O)c1cccc(C(=O)OCC(=O)NCc2cccc(OC)c2)c1. The van der Waals surface area contributed by atoms with Gasteiger partial charge in [-0.2, -0.15) is 0 Å². The van der Waals surface area contributed by atoms with E-state index in [2.05, 4.69) is 10.1 Å². The van der Waals surface area contributed by atoms with Gasteiger partial charge in [0.25, 0.3) is 5.91 Å². The van der Waals surface area contributed by atoms with Gasteiger partial charge in [0.15, 0.2) is 6.61 Å². The van der Waals surface area contributed by atoms with Gasteiger partial charge in [0.2, 0.25) is 0 Å². The molecule has 7 nitrogen and oxygen atoms in total. The van der Waals surface area contributed by atoms with E-state index in [4.69, 9.17) is 9.47 Å². The van der Waals surface area contributed by atoms with Gasteiger partial charge in [-0.25, -0.2) is 9.59 Å². The maximum absolute atomic E-state index is 12.0. The highest BCUT2D eigenvalue weighted by molar-refractivity contribution is 5.96. The zero-order chi connectivity index (χ0) is 18.9. The van der Waals surface area contributed by atoms with Crippen LogP contribution < -0.4 is 10.1 Å². The Morgan fingerprint density at radius 1 is 0.923 bits per heavy atom. The lowest BCUT2D eigenvalue weighted by molar-refractivity contribution is -0.124. The van der Waals surface area contributed by atoms with Crippen molar-refractivity contribution in [3.63, 3.8) is 0 Å². The number of carbonyl (C=O) groups excluding carboxylic acids is 3. The highest BCUT2D eigenvalue weighted by Gasteiger charge is 2.13. The summed E-state index contributed by atoms with van der Waals surface area (Å²) in [6.45, 7) is -0.142. The summed E-state index contributed by atoms with van der Waals surface area (Å²) in [6.07, 6.45) is 0. The summed E-state index contributed by atoms with van der Waals surface area (Å²) in [5, 5.41) is 2.65. The normalized spacial score (nSPS) is 9.92. The molecular formula is C19H19NO6. The summed E-state index contributed by atoms with van der Waals surface area (Å²) in [7, 11) is 2.81.